The molecule has 0 saturated heterocycles. The summed E-state index contributed by atoms with van der Waals surface area (Å²) in [7, 11) is 0. The van der Waals surface area contributed by atoms with Gasteiger partial charge in [0.2, 0.25) is 0 Å². The SMILES string of the molecule is CC1=CC2=N[C@H]3C=CC=C[C@H]3C2=CC1=O. The molecule has 0 radical (unpaired) electrons. The van der Waals surface area contributed by atoms with Crippen molar-refractivity contribution in [1.29, 1.82) is 0 Å². The van der Waals surface area contributed by atoms with E-state index in [-0.39, 0.29) is 17.7 Å². The number of allylic oxidation sites excluding steroid dienone is 5. The second-order valence-electron chi connectivity index (χ2n) is 4.09. The van der Waals surface area contributed by atoms with E-state index in [4.69, 9.17) is 0 Å². The average molecular weight is 197 g/mol. The Balaban J connectivity index is 2.10. The van der Waals surface area contributed by atoms with E-state index >= 15 is 0 Å². The Morgan fingerprint density at radius 3 is 2.87 bits per heavy atom. The molecule has 0 aromatic heterocycles. The number of aliphatic imine (C=N–C) groups is 1. The van der Waals surface area contributed by atoms with Crippen molar-refractivity contribution in [3.63, 3.8) is 0 Å². The first-order valence-electron chi connectivity index (χ1n) is 5.13. The maximum absolute atomic E-state index is 11.6. The van der Waals surface area contributed by atoms with E-state index in [1.165, 1.54) is 0 Å². The molecule has 0 spiro atoms. The summed E-state index contributed by atoms with van der Waals surface area (Å²) in [4.78, 5) is 16.2. The number of carbonyl (C=O) groups excluding carboxylic acids is 1. The Kier molecular flexibility index (Phi) is 1.66. The predicted octanol–water partition coefficient (Wildman–Crippen LogP) is 2.01. The highest BCUT2D eigenvalue weighted by Crippen LogP contribution is 2.34. The highest BCUT2D eigenvalue weighted by atomic mass is 16.1. The molecule has 0 aromatic carbocycles. The minimum Gasteiger partial charge on any atom is -0.290 e. The van der Waals surface area contributed by atoms with Gasteiger partial charge in [0.25, 0.3) is 0 Å². The molecule has 0 saturated carbocycles. The smallest absolute Gasteiger partial charge is 0.181 e. The van der Waals surface area contributed by atoms with Gasteiger partial charge in [0.1, 0.15) is 0 Å². The van der Waals surface area contributed by atoms with Crippen LogP contribution in [0.5, 0.6) is 0 Å². The molecule has 2 atom stereocenters. The van der Waals surface area contributed by atoms with Crippen LogP contribution in [0.15, 0.2) is 52.6 Å². The van der Waals surface area contributed by atoms with E-state index in [9.17, 15) is 4.79 Å². The molecule has 2 heteroatoms. The van der Waals surface area contributed by atoms with E-state index < -0.39 is 0 Å². The van der Waals surface area contributed by atoms with Crippen molar-refractivity contribution < 1.29 is 4.79 Å². The quantitative estimate of drug-likeness (QED) is 0.546. The maximum Gasteiger partial charge on any atom is 0.181 e. The summed E-state index contributed by atoms with van der Waals surface area (Å²) in [5.41, 5.74) is 2.85. The third kappa shape index (κ3) is 1.18. The summed E-state index contributed by atoms with van der Waals surface area (Å²) in [6.45, 7) is 1.84. The fourth-order valence-corrected chi connectivity index (χ4v) is 2.23. The van der Waals surface area contributed by atoms with Gasteiger partial charge < -0.3 is 0 Å². The topological polar surface area (TPSA) is 29.4 Å². The summed E-state index contributed by atoms with van der Waals surface area (Å²) in [6, 6.07) is 0.200. The van der Waals surface area contributed by atoms with Gasteiger partial charge in [0, 0.05) is 5.92 Å². The fraction of sp³-hybridized carbons (Fsp3) is 0.231. The Hall–Kier alpha value is -1.70. The van der Waals surface area contributed by atoms with Gasteiger partial charge in [-0.15, -0.1) is 0 Å². The van der Waals surface area contributed by atoms with Crippen LogP contribution in [0.25, 0.3) is 0 Å². The Bertz CT molecular complexity index is 489. The summed E-state index contributed by atoms with van der Waals surface area (Å²) < 4.78 is 0. The average Bonchev–Trinajstić information content (AvgIpc) is 2.57. The van der Waals surface area contributed by atoms with Crippen LogP contribution in [0.2, 0.25) is 0 Å². The maximum atomic E-state index is 11.6. The van der Waals surface area contributed by atoms with Crippen LogP contribution in [-0.4, -0.2) is 17.5 Å². The summed E-state index contributed by atoms with van der Waals surface area (Å²) in [6.07, 6.45) is 11.9. The van der Waals surface area contributed by atoms with Crippen molar-refractivity contribution in [2.75, 3.05) is 0 Å². The van der Waals surface area contributed by atoms with Gasteiger partial charge in [-0.3, -0.25) is 9.79 Å². The van der Waals surface area contributed by atoms with Gasteiger partial charge in [0.05, 0.1) is 11.8 Å². The second-order valence-corrected chi connectivity index (χ2v) is 4.09. The number of rotatable bonds is 0. The molecule has 74 valence electrons. The lowest BCUT2D eigenvalue weighted by Gasteiger charge is -2.16. The molecule has 0 fully saturated rings. The molecule has 0 aromatic rings. The third-order valence-electron chi connectivity index (χ3n) is 3.08. The Labute approximate surface area is 88.4 Å². The summed E-state index contributed by atoms with van der Waals surface area (Å²) >= 11 is 0. The second kappa shape index (κ2) is 2.89. The standard InChI is InChI=1S/C13H11NO/c1-8-6-12-10(7-13(8)15)9-4-2-3-5-11(9)14-12/h2-7,9,11H,1H3/t9-,11-/m0/s1. The molecule has 15 heavy (non-hydrogen) atoms. The van der Waals surface area contributed by atoms with Crippen LogP contribution in [0, 0.1) is 5.92 Å². The van der Waals surface area contributed by atoms with Gasteiger partial charge in [-0.2, -0.15) is 0 Å². The molecule has 2 nitrogen and oxygen atoms in total. The zero-order chi connectivity index (χ0) is 10.4. The molecule has 2 aliphatic carbocycles. The molecule has 3 rings (SSSR count). The largest absolute Gasteiger partial charge is 0.290 e. The lowest BCUT2D eigenvalue weighted by molar-refractivity contribution is -0.111. The van der Waals surface area contributed by atoms with Crippen LogP contribution < -0.4 is 0 Å². The molecule has 0 N–H and O–H groups in total. The van der Waals surface area contributed by atoms with E-state index in [0.717, 1.165) is 16.9 Å². The van der Waals surface area contributed by atoms with E-state index in [2.05, 4.69) is 17.1 Å². The zero-order valence-corrected chi connectivity index (χ0v) is 8.47. The van der Waals surface area contributed by atoms with Crippen LogP contribution in [0.4, 0.5) is 0 Å². The number of ketones is 1. The highest BCUT2D eigenvalue weighted by Gasteiger charge is 2.33. The van der Waals surface area contributed by atoms with Gasteiger partial charge in [-0.1, -0.05) is 24.3 Å². The van der Waals surface area contributed by atoms with Crippen molar-refractivity contribution >= 4 is 11.5 Å². The zero-order valence-electron chi connectivity index (χ0n) is 8.47. The van der Waals surface area contributed by atoms with Crippen molar-refractivity contribution in [2.45, 2.75) is 13.0 Å². The van der Waals surface area contributed by atoms with Crippen molar-refractivity contribution in [3.05, 3.63) is 47.6 Å². The van der Waals surface area contributed by atoms with Crippen molar-refractivity contribution in [2.24, 2.45) is 10.9 Å². The number of carbonyl (C=O) groups is 1. The number of nitrogens with zero attached hydrogens (tertiary/aromatic N) is 1. The Morgan fingerprint density at radius 2 is 2.00 bits per heavy atom. The van der Waals surface area contributed by atoms with Crippen molar-refractivity contribution in [1.82, 2.24) is 0 Å². The lowest BCUT2D eigenvalue weighted by Crippen LogP contribution is -2.16. The Morgan fingerprint density at radius 1 is 1.20 bits per heavy atom. The normalized spacial score (nSPS) is 31.8. The lowest BCUT2D eigenvalue weighted by atomic mass is 9.85. The van der Waals surface area contributed by atoms with Gasteiger partial charge in [-0.25, -0.2) is 0 Å². The van der Waals surface area contributed by atoms with Crippen LogP contribution in [-0.2, 0) is 4.79 Å². The minimum atomic E-state index is 0.118. The molecular formula is C13H11NO. The van der Waals surface area contributed by atoms with E-state index in [0.29, 0.717) is 0 Å². The first-order valence-corrected chi connectivity index (χ1v) is 5.13. The van der Waals surface area contributed by atoms with Crippen LogP contribution in [0.3, 0.4) is 0 Å². The fourth-order valence-electron chi connectivity index (χ4n) is 2.23. The van der Waals surface area contributed by atoms with E-state index in [1.807, 2.05) is 25.2 Å². The van der Waals surface area contributed by atoms with Crippen LogP contribution >= 0.6 is 0 Å². The third-order valence-corrected chi connectivity index (χ3v) is 3.08. The minimum absolute atomic E-state index is 0.118. The number of hydrogen-bond acceptors (Lipinski definition) is 2. The highest BCUT2D eigenvalue weighted by molar-refractivity contribution is 6.23. The molecule has 0 bridgehead atoms. The molecule has 1 heterocycles. The van der Waals surface area contributed by atoms with Gasteiger partial charge in [-0.05, 0) is 30.2 Å². The first kappa shape index (κ1) is 8.60. The first-order chi connectivity index (χ1) is 7.25. The molecular weight excluding hydrogens is 186 g/mol. The van der Waals surface area contributed by atoms with E-state index in [1.54, 1.807) is 6.08 Å². The van der Waals surface area contributed by atoms with Gasteiger partial charge >= 0.3 is 0 Å². The summed E-state index contributed by atoms with van der Waals surface area (Å²) in [5, 5.41) is 0. The monoisotopic (exact) mass is 197 g/mol. The van der Waals surface area contributed by atoms with Gasteiger partial charge in [0.15, 0.2) is 5.78 Å². The summed E-state index contributed by atoms with van der Waals surface area (Å²) in [5.74, 6) is 0.394. The number of hydrogen-bond donors (Lipinski definition) is 0. The molecule has 0 unspecified atom stereocenters. The predicted molar refractivity (Wildman–Crippen MR) is 59.8 cm³/mol. The van der Waals surface area contributed by atoms with Crippen molar-refractivity contribution in [3.8, 4) is 0 Å². The molecule has 1 aliphatic heterocycles. The number of fused-ring (bicyclic) bond motifs is 3. The molecule has 0 amide bonds. The van der Waals surface area contributed by atoms with Crippen LogP contribution in [0.1, 0.15) is 6.92 Å². The molecule has 3 aliphatic rings.